The Morgan fingerprint density at radius 3 is 1.68 bits per heavy atom. The molecule has 1 aromatic rings. The summed E-state index contributed by atoms with van der Waals surface area (Å²) in [5.41, 5.74) is -1.57. The molecule has 0 aliphatic carbocycles. The van der Waals surface area contributed by atoms with Crippen LogP contribution in [0.15, 0.2) is 0 Å². The first-order valence-corrected chi connectivity index (χ1v) is 5.37. The molecule has 1 rings (SSSR count). The van der Waals surface area contributed by atoms with Crippen LogP contribution in [-0.2, 0) is 4.79 Å². The first-order valence-electron chi connectivity index (χ1n) is 5.37. The van der Waals surface area contributed by atoms with Crippen molar-refractivity contribution in [2.45, 2.75) is 26.2 Å². The van der Waals surface area contributed by atoms with E-state index in [1.54, 1.807) is 6.92 Å². The number of benzene rings is 1. The molecular formula is C12H9F5O2. The smallest absolute Gasteiger partial charge is 0.200 e. The maximum Gasteiger partial charge on any atom is 0.200 e. The van der Waals surface area contributed by atoms with Gasteiger partial charge >= 0.3 is 0 Å². The second-order valence-corrected chi connectivity index (χ2v) is 3.83. The van der Waals surface area contributed by atoms with Gasteiger partial charge in [0.2, 0.25) is 5.82 Å². The summed E-state index contributed by atoms with van der Waals surface area (Å²) < 4.78 is 64.9. The van der Waals surface area contributed by atoms with Gasteiger partial charge in [-0.3, -0.25) is 9.59 Å². The van der Waals surface area contributed by atoms with E-state index in [9.17, 15) is 31.5 Å². The van der Waals surface area contributed by atoms with Crippen LogP contribution < -0.4 is 0 Å². The zero-order chi connectivity index (χ0) is 14.7. The van der Waals surface area contributed by atoms with Crippen molar-refractivity contribution in [2.24, 2.45) is 0 Å². The SMILES string of the molecule is CCCC(=O)CC(=O)c1c(F)c(F)c(F)c(F)c1F. The number of hydrogen-bond donors (Lipinski definition) is 0. The second-order valence-electron chi connectivity index (χ2n) is 3.83. The first kappa shape index (κ1) is 15.3. The van der Waals surface area contributed by atoms with Crippen LogP contribution in [0.3, 0.4) is 0 Å². The summed E-state index contributed by atoms with van der Waals surface area (Å²) in [6.45, 7) is 1.64. The van der Waals surface area contributed by atoms with Crippen LogP contribution in [0.1, 0.15) is 36.5 Å². The largest absolute Gasteiger partial charge is 0.299 e. The summed E-state index contributed by atoms with van der Waals surface area (Å²) in [7, 11) is 0. The molecule has 19 heavy (non-hydrogen) atoms. The molecule has 0 N–H and O–H groups in total. The third-order valence-corrected chi connectivity index (χ3v) is 2.38. The van der Waals surface area contributed by atoms with E-state index in [0.29, 0.717) is 6.42 Å². The topological polar surface area (TPSA) is 34.1 Å². The van der Waals surface area contributed by atoms with Gasteiger partial charge < -0.3 is 0 Å². The third-order valence-electron chi connectivity index (χ3n) is 2.38. The molecule has 0 aliphatic rings. The standard InChI is InChI=1S/C12H9F5O2/c1-2-3-5(18)4-6(19)7-8(13)10(15)12(17)11(16)9(7)14/h2-4H2,1H3. The van der Waals surface area contributed by atoms with Crippen LogP contribution in [0.4, 0.5) is 22.0 Å². The molecule has 0 atom stereocenters. The fraction of sp³-hybridized carbons (Fsp3) is 0.333. The van der Waals surface area contributed by atoms with Gasteiger partial charge in [0.15, 0.2) is 29.1 Å². The Hall–Kier alpha value is -1.79. The lowest BCUT2D eigenvalue weighted by atomic mass is 10.0. The molecule has 0 unspecified atom stereocenters. The molecule has 0 saturated heterocycles. The predicted octanol–water partition coefficient (Wildman–Crippen LogP) is 3.32. The molecule has 0 aromatic heterocycles. The van der Waals surface area contributed by atoms with Gasteiger partial charge in [0.25, 0.3) is 0 Å². The summed E-state index contributed by atoms with van der Waals surface area (Å²) in [6.07, 6.45) is -0.503. The van der Waals surface area contributed by atoms with Crippen LogP contribution in [0.2, 0.25) is 0 Å². The predicted molar refractivity (Wildman–Crippen MR) is 55.1 cm³/mol. The van der Waals surface area contributed by atoms with E-state index in [0.717, 1.165) is 0 Å². The van der Waals surface area contributed by atoms with Crippen LogP contribution in [0, 0.1) is 29.1 Å². The van der Waals surface area contributed by atoms with Crippen molar-refractivity contribution in [3.8, 4) is 0 Å². The van der Waals surface area contributed by atoms with Gasteiger partial charge in [0.1, 0.15) is 5.78 Å². The maximum absolute atomic E-state index is 13.2. The molecule has 104 valence electrons. The Morgan fingerprint density at radius 2 is 1.26 bits per heavy atom. The lowest BCUT2D eigenvalue weighted by molar-refractivity contribution is -0.118. The summed E-state index contributed by atoms with van der Waals surface area (Å²) in [6, 6.07) is 0. The van der Waals surface area contributed by atoms with E-state index in [1.807, 2.05) is 0 Å². The monoisotopic (exact) mass is 280 g/mol. The quantitative estimate of drug-likeness (QED) is 0.272. The van der Waals surface area contributed by atoms with Gasteiger partial charge in [0, 0.05) is 6.42 Å². The Kier molecular flexibility index (Phi) is 4.74. The minimum absolute atomic E-state index is 0.0128. The van der Waals surface area contributed by atoms with Gasteiger partial charge in [-0.15, -0.1) is 0 Å². The number of rotatable bonds is 5. The molecule has 0 amide bonds. The molecular weight excluding hydrogens is 271 g/mol. The first-order chi connectivity index (χ1) is 8.81. The summed E-state index contributed by atoms with van der Waals surface area (Å²) >= 11 is 0. The highest BCUT2D eigenvalue weighted by molar-refractivity contribution is 6.08. The van der Waals surface area contributed by atoms with Crippen molar-refractivity contribution in [3.05, 3.63) is 34.6 Å². The fourth-order valence-corrected chi connectivity index (χ4v) is 1.48. The molecule has 0 radical (unpaired) electrons. The van der Waals surface area contributed by atoms with Crippen LogP contribution in [0.25, 0.3) is 0 Å². The van der Waals surface area contributed by atoms with Crippen molar-refractivity contribution < 1.29 is 31.5 Å². The number of carbonyl (C=O) groups is 2. The minimum atomic E-state index is -2.34. The van der Waals surface area contributed by atoms with E-state index in [2.05, 4.69) is 0 Å². The summed E-state index contributed by atoms with van der Waals surface area (Å²) in [5.74, 6) is -13.2. The van der Waals surface area contributed by atoms with Gasteiger partial charge in [-0.1, -0.05) is 6.92 Å². The molecule has 1 aromatic carbocycles. The Labute approximate surface area is 105 Å². The van der Waals surface area contributed by atoms with Crippen molar-refractivity contribution in [1.82, 2.24) is 0 Å². The van der Waals surface area contributed by atoms with E-state index < -0.39 is 52.6 Å². The van der Waals surface area contributed by atoms with Gasteiger partial charge in [-0.2, -0.15) is 0 Å². The van der Waals surface area contributed by atoms with Crippen molar-refractivity contribution in [1.29, 1.82) is 0 Å². The van der Waals surface area contributed by atoms with Gasteiger partial charge in [-0.25, -0.2) is 22.0 Å². The Bertz CT molecular complexity index is 510. The average Bonchev–Trinajstić information content (AvgIpc) is 2.34. The zero-order valence-electron chi connectivity index (χ0n) is 9.83. The highest BCUT2D eigenvalue weighted by Crippen LogP contribution is 2.24. The fourth-order valence-electron chi connectivity index (χ4n) is 1.48. The van der Waals surface area contributed by atoms with E-state index >= 15 is 0 Å². The number of halogens is 5. The lowest BCUT2D eigenvalue weighted by Gasteiger charge is -2.06. The number of hydrogen-bond acceptors (Lipinski definition) is 2. The van der Waals surface area contributed by atoms with Gasteiger partial charge in [-0.05, 0) is 6.42 Å². The molecule has 0 spiro atoms. The maximum atomic E-state index is 13.2. The van der Waals surface area contributed by atoms with Gasteiger partial charge in [0.05, 0.1) is 12.0 Å². The van der Waals surface area contributed by atoms with Crippen LogP contribution >= 0.6 is 0 Å². The van der Waals surface area contributed by atoms with E-state index in [-0.39, 0.29) is 6.42 Å². The minimum Gasteiger partial charge on any atom is -0.299 e. The van der Waals surface area contributed by atoms with Crippen LogP contribution in [0.5, 0.6) is 0 Å². The molecule has 0 heterocycles. The lowest BCUT2D eigenvalue weighted by Crippen LogP contribution is -2.15. The second kappa shape index (κ2) is 5.90. The highest BCUT2D eigenvalue weighted by atomic mass is 19.2. The number of carbonyl (C=O) groups excluding carboxylic acids is 2. The Balaban J connectivity index is 3.21. The molecule has 0 fully saturated rings. The molecule has 0 bridgehead atoms. The third kappa shape index (κ3) is 2.97. The average molecular weight is 280 g/mol. The molecule has 2 nitrogen and oxygen atoms in total. The van der Waals surface area contributed by atoms with Crippen molar-refractivity contribution in [3.63, 3.8) is 0 Å². The van der Waals surface area contributed by atoms with Crippen molar-refractivity contribution >= 4 is 11.6 Å². The summed E-state index contributed by atoms with van der Waals surface area (Å²) in [4.78, 5) is 22.6. The molecule has 0 aliphatic heterocycles. The number of ketones is 2. The number of Topliss-reactive ketones (excluding diaryl/α,β-unsaturated/α-hetero) is 2. The molecule has 0 saturated carbocycles. The normalized spacial score (nSPS) is 10.6. The van der Waals surface area contributed by atoms with E-state index in [1.165, 1.54) is 0 Å². The Morgan fingerprint density at radius 1 is 0.842 bits per heavy atom. The van der Waals surface area contributed by atoms with E-state index in [4.69, 9.17) is 0 Å². The summed E-state index contributed by atoms with van der Waals surface area (Å²) in [5, 5.41) is 0. The highest BCUT2D eigenvalue weighted by Gasteiger charge is 2.30. The molecule has 7 heteroatoms. The van der Waals surface area contributed by atoms with Crippen molar-refractivity contribution in [2.75, 3.05) is 0 Å². The zero-order valence-corrected chi connectivity index (χ0v) is 9.83. The van der Waals surface area contributed by atoms with Crippen LogP contribution in [-0.4, -0.2) is 11.6 Å².